The number of fused-ring (bicyclic) bond motifs is 4. The minimum absolute atomic E-state index is 0.00475. The third-order valence-corrected chi connectivity index (χ3v) is 5.59. The molecule has 2 bridgehead atoms. The number of hydrogen-bond donors (Lipinski definition) is 1. The normalized spacial score (nSPS) is 29.6. The lowest BCUT2D eigenvalue weighted by Crippen LogP contribution is -2.69. The maximum atomic E-state index is 12.7. The highest BCUT2D eigenvalue weighted by molar-refractivity contribution is 5.97. The third kappa shape index (κ3) is 2.05. The number of rotatable bonds is 2. The molecule has 1 aromatic heterocycles. The molecule has 4 heterocycles. The first kappa shape index (κ1) is 13.8. The molecule has 116 valence electrons. The first-order valence-corrected chi connectivity index (χ1v) is 8.09. The summed E-state index contributed by atoms with van der Waals surface area (Å²) in [4.78, 5) is 15.2. The molecular weight excluding hydrogens is 276 g/mol. The summed E-state index contributed by atoms with van der Waals surface area (Å²) in [5.74, 6) is 0.599. The molecule has 3 fully saturated rings. The highest BCUT2D eigenvalue weighted by atomic mass is 16.3. The fourth-order valence-electron chi connectivity index (χ4n) is 4.20. The molecule has 5 rings (SSSR count). The zero-order chi connectivity index (χ0) is 15.3. The van der Waals surface area contributed by atoms with Gasteiger partial charge in [-0.05, 0) is 63.9 Å². The lowest BCUT2D eigenvalue weighted by Gasteiger charge is -2.56. The average Bonchev–Trinajstić information content (AvgIpc) is 2.98. The number of hydrogen-bond acceptors (Lipinski definition) is 3. The molecule has 0 radical (unpaired) electrons. The van der Waals surface area contributed by atoms with Gasteiger partial charge in [0, 0.05) is 22.5 Å². The lowest BCUT2D eigenvalue weighted by molar-refractivity contribution is -0.0378. The minimum atomic E-state index is 0.00475. The van der Waals surface area contributed by atoms with Crippen LogP contribution in [0.3, 0.4) is 0 Å². The Hall–Kier alpha value is -1.81. The Kier molecular flexibility index (Phi) is 3.05. The maximum Gasteiger partial charge on any atom is 0.251 e. The van der Waals surface area contributed by atoms with E-state index in [-0.39, 0.29) is 17.5 Å². The molecule has 22 heavy (non-hydrogen) atoms. The summed E-state index contributed by atoms with van der Waals surface area (Å²) in [6.45, 7) is 6.81. The van der Waals surface area contributed by atoms with E-state index in [9.17, 15) is 4.79 Å². The predicted molar refractivity (Wildman–Crippen MR) is 85.8 cm³/mol. The van der Waals surface area contributed by atoms with E-state index in [2.05, 4.69) is 24.1 Å². The maximum absolute atomic E-state index is 12.7. The van der Waals surface area contributed by atoms with Crippen molar-refractivity contribution in [1.82, 2.24) is 10.2 Å². The summed E-state index contributed by atoms with van der Waals surface area (Å²) in [5, 5.41) is 4.32. The largest absolute Gasteiger partial charge is 0.464 e. The molecule has 4 nitrogen and oxygen atoms in total. The number of carbonyl (C=O) groups is 1. The van der Waals surface area contributed by atoms with Crippen molar-refractivity contribution in [2.24, 2.45) is 5.92 Å². The van der Waals surface area contributed by atoms with E-state index in [1.165, 1.54) is 12.8 Å². The minimum Gasteiger partial charge on any atom is -0.464 e. The number of benzene rings is 1. The van der Waals surface area contributed by atoms with Gasteiger partial charge in [-0.15, -0.1) is 0 Å². The summed E-state index contributed by atoms with van der Waals surface area (Å²) in [5.41, 5.74) is 1.47. The Morgan fingerprint density at radius 1 is 1.27 bits per heavy atom. The zero-order valence-corrected chi connectivity index (χ0v) is 13.1. The molecule has 1 unspecified atom stereocenters. The van der Waals surface area contributed by atoms with Crippen LogP contribution in [-0.2, 0) is 0 Å². The van der Waals surface area contributed by atoms with Crippen LogP contribution < -0.4 is 5.32 Å². The van der Waals surface area contributed by atoms with E-state index in [1.54, 1.807) is 6.26 Å². The van der Waals surface area contributed by atoms with Gasteiger partial charge in [0.25, 0.3) is 5.91 Å². The van der Waals surface area contributed by atoms with Crippen LogP contribution in [-0.4, -0.2) is 35.5 Å². The Morgan fingerprint density at radius 2 is 2.05 bits per heavy atom. The van der Waals surface area contributed by atoms with Gasteiger partial charge in [-0.2, -0.15) is 0 Å². The fourth-order valence-corrected chi connectivity index (χ4v) is 4.20. The number of nitrogens with zero attached hydrogens (tertiary/aromatic N) is 1. The molecule has 0 spiro atoms. The smallest absolute Gasteiger partial charge is 0.251 e. The van der Waals surface area contributed by atoms with Crippen LogP contribution in [0.4, 0.5) is 0 Å². The van der Waals surface area contributed by atoms with Crippen LogP contribution in [0.15, 0.2) is 34.9 Å². The molecule has 0 aliphatic carbocycles. The topological polar surface area (TPSA) is 45.5 Å². The average molecular weight is 298 g/mol. The van der Waals surface area contributed by atoms with Crippen LogP contribution in [0.1, 0.15) is 37.0 Å². The van der Waals surface area contributed by atoms with E-state index in [1.807, 2.05) is 24.3 Å². The number of amides is 1. The van der Waals surface area contributed by atoms with Gasteiger partial charge in [-0.1, -0.05) is 6.07 Å². The van der Waals surface area contributed by atoms with Crippen molar-refractivity contribution in [2.75, 3.05) is 13.1 Å². The van der Waals surface area contributed by atoms with Crippen LogP contribution in [0.5, 0.6) is 0 Å². The van der Waals surface area contributed by atoms with Gasteiger partial charge >= 0.3 is 0 Å². The Morgan fingerprint density at radius 3 is 2.77 bits per heavy atom. The fraction of sp³-hybridized carbons (Fsp3) is 0.500. The summed E-state index contributed by atoms with van der Waals surface area (Å²) in [6.07, 6.45) is 4.03. The second kappa shape index (κ2) is 4.85. The van der Waals surface area contributed by atoms with Gasteiger partial charge in [-0.3, -0.25) is 9.69 Å². The standard InChI is InChI=1S/C18H22N2O2/c1-18(2)16(13-5-8-20(18)9-6-13)19-17(21)14-4-3-12-7-10-22-15(12)11-14/h3-4,7,10-11,13,16H,5-6,8-9H2,1-2H3,(H,19,21). The Bertz CT molecular complexity index is 711. The summed E-state index contributed by atoms with van der Waals surface area (Å²) >= 11 is 0. The quantitative estimate of drug-likeness (QED) is 0.927. The molecule has 0 saturated carbocycles. The molecule has 1 aromatic carbocycles. The van der Waals surface area contributed by atoms with Crippen LogP contribution in [0.25, 0.3) is 11.0 Å². The van der Waals surface area contributed by atoms with Crippen molar-refractivity contribution < 1.29 is 9.21 Å². The van der Waals surface area contributed by atoms with Gasteiger partial charge < -0.3 is 9.73 Å². The number of furan rings is 1. The van der Waals surface area contributed by atoms with Gasteiger partial charge in [-0.25, -0.2) is 0 Å². The molecule has 1 atom stereocenters. The van der Waals surface area contributed by atoms with Gasteiger partial charge in [0.05, 0.1) is 6.26 Å². The second-order valence-corrected chi connectivity index (χ2v) is 7.10. The van der Waals surface area contributed by atoms with E-state index >= 15 is 0 Å². The third-order valence-electron chi connectivity index (χ3n) is 5.59. The summed E-state index contributed by atoms with van der Waals surface area (Å²) in [7, 11) is 0. The van der Waals surface area contributed by atoms with Crippen molar-refractivity contribution in [3.05, 3.63) is 36.1 Å². The summed E-state index contributed by atoms with van der Waals surface area (Å²) in [6, 6.07) is 7.78. The molecule has 3 saturated heterocycles. The van der Waals surface area contributed by atoms with Crippen molar-refractivity contribution in [1.29, 1.82) is 0 Å². The highest BCUT2D eigenvalue weighted by Crippen LogP contribution is 2.39. The van der Waals surface area contributed by atoms with E-state index < -0.39 is 0 Å². The van der Waals surface area contributed by atoms with E-state index in [4.69, 9.17) is 4.42 Å². The Balaban J connectivity index is 1.58. The van der Waals surface area contributed by atoms with E-state index in [0.717, 1.165) is 24.1 Å². The van der Waals surface area contributed by atoms with Gasteiger partial charge in [0.2, 0.25) is 0 Å². The van der Waals surface area contributed by atoms with Gasteiger partial charge in [0.1, 0.15) is 5.58 Å². The molecule has 4 heteroatoms. The van der Waals surface area contributed by atoms with Crippen LogP contribution in [0.2, 0.25) is 0 Å². The zero-order valence-electron chi connectivity index (χ0n) is 13.1. The van der Waals surface area contributed by atoms with Crippen molar-refractivity contribution >= 4 is 16.9 Å². The number of piperidine rings is 3. The van der Waals surface area contributed by atoms with E-state index in [0.29, 0.717) is 11.5 Å². The molecule has 3 aliphatic rings. The molecular formula is C18H22N2O2. The second-order valence-electron chi connectivity index (χ2n) is 7.10. The van der Waals surface area contributed by atoms with Crippen molar-refractivity contribution in [3.63, 3.8) is 0 Å². The first-order valence-electron chi connectivity index (χ1n) is 8.09. The SMILES string of the molecule is CC1(C)C(NC(=O)c2ccc3ccoc3c2)C2CCN1CC2. The summed E-state index contributed by atoms with van der Waals surface area (Å²) < 4.78 is 5.40. The molecule has 1 amide bonds. The number of carbonyl (C=O) groups excluding carboxylic acids is 1. The molecule has 2 aromatic rings. The predicted octanol–water partition coefficient (Wildman–Crippen LogP) is 3.04. The number of nitrogens with one attached hydrogen (secondary N) is 1. The van der Waals surface area contributed by atoms with Gasteiger partial charge in [0.15, 0.2) is 0 Å². The van der Waals surface area contributed by atoms with Crippen molar-refractivity contribution in [3.8, 4) is 0 Å². The van der Waals surface area contributed by atoms with Crippen LogP contribution >= 0.6 is 0 Å². The highest BCUT2D eigenvalue weighted by Gasteiger charge is 2.48. The Labute approximate surface area is 130 Å². The first-order chi connectivity index (χ1) is 10.6. The molecule has 1 N–H and O–H groups in total. The lowest BCUT2D eigenvalue weighted by atomic mass is 9.72. The van der Waals surface area contributed by atoms with Crippen LogP contribution in [0, 0.1) is 5.92 Å². The van der Waals surface area contributed by atoms with Crippen molar-refractivity contribution in [2.45, 2.75) is 38.3 Å². The molecule has 3 aliphatic heterocycles. The monoisotopic (exact) mass is 298 g/mol.